The predicted molar refractivity (Wildman–Crippen MR) is 38.5 cm³/mol. The molecule has 0 aliphatic rings. The average molecular weight is 141 g/mol. The van der Waals surface area contributed by atoms with Gasteiger partial charge in [-0.1, -0.05) is 19.0 Å². The molecule has 0 N–H and O–H groups in total. The summed E-state index contributed by atoms with van der Waals surface area (Å²) in [5.41, 5.74) is 8.05. The van der Waals surface area contributed by atoms with E-state index in [9.17, 15) is 4.79 Å². The van der Waals surface area contributed by atoms with Crippen LogP contribution < -0.4 is 0 Å². The van der Waals surface area contributed by atoms with Crippen molar-refractivity contribution in [3.8, 4) is 0 Å². The van der Waals surface area contributed by atoms with Crippen molar-refractivity contribution < 1.29 is 4.79 Å². The highest BCUT2D eigenvalue weighted by atomic mass is 16.1. The summed E-state index contributed by atoms with van der Waals surface area (Å²) in [5, 5.41) is 3.46. The summed E-state index contributed by atoms with van der Waals surface area (Å²) in [5.74, 6) is 0.237. The Bertz CT molecular complexity index is 149. The minimum Gasteiger partial charge on any atom is -0.303 e. The zero-order valence-corrected chi connectivity index (χ0v) is 6.19. The van der Waals surface area contributed by atoms with Crippen molar-refractivity contribution in [1.29, 1.82) is 0 Å². The quantitative estimate of drug-likeness (QED) is 0.255. The Hall–Kier alpha value is -1.02. The zero-order chi connectivity index (χ0) is 7.98. The largest absolute Gasteiger partial charge is 0.303 e. The standard InChI is InChI=1S/C6H11N3O/c1-5(2)6(3-4-10)8-9-7/h4-6H,3H2,1-2H3. The molecule has 0 fully saturated rings. The number of hydrogen-bond acceptors (Lipinski definition) is 2. The zero-order valence-electron chi connectivity index (χ0n) is 6.19. The third-order valence-corrected chi connectivity index (χ3v) is 1.31. The molecule has 0 saturated carbocycles. The molecule has 0 aromatic rings. The van der Waals surface area contributed by atoms with Gasteiger partial charge in [0.15, 0.2) is 0 Å². The molecule has 0 radical (unpaired) electrons. The van der Waals surface area contributed by atoms with Gasteiger partial charge >= 0.3 is 0 Å². The van der Waals surface area contributed by atoms with Crippen LogP contribution in [0, 0.1) is 5.92 Å². The molecule has 0 aliphatic carbocycles. The monoisotopic (exact) mass is 141 g/mol. The fraction of sp³-hybridized carbons (Fsp3) is 0.833. The summed E-state index contributed by atoms with van der Waals surface area (Å²) in [4.78, 5) is 12.7. The first kappa shape index (κ1) is 8.98. The summed E-state index contributed by atoms with van der Waals surface area (Å²) in [6, 6.07) is -0.178. The molecule has 1 atom stereocenters. The molecular weight excluding hydrogens is 130 g/mol. The van der Waals surface area contributed by atoms with Crippen molar-refractivity contribution in [3.63, 3.8) is 0 Å². The van der Waals surface area contributed by atoms with Gasteiger partial charge in [0, 0.05) is 17.4 Å². The van der Waals surface area contributed by atoms with E-state index in [0.29, 0.717) is 6.42 Å². The molecule has 4 nitrogen and oxygen atoms in total. The number of hydrogen-bond donors (Lipinski definition) is 0. The lowest BCUT2D eigenvalue weighted by Gasteiger charge is -2.09. The number of rotatable bonds is 4. The highest BCUT2D eigenvalue weighted by Gasteiger charge is 2.09. The van der Waals surface area contributed by atoms with Gasteiger partial charge < -0.3 is 4.79 Å². The van der Waals surface area contributed by atoms with Crippen LogP contribution in [0.15, 0.2) is 5.11 Å². The summed E-state index contributed by atoms with van der Waals surface area (Å²) in [6.45, 7) is 3.84. The first-order chi connectivity index (χ1) is 4.72. The molecule has 0 saturated heterocycles. The van der Waals surface area contributed by atoms with Crippen LogP contribution in [0.25, 0.3) is 10.4 Å². The van der Waals surface area contributed by atoms with Crippen LogP contribution >= 0.6 is 0 Å². The highest BCUT2D eigenvalue weighted by molar-refractivity contribution is 5.50. The summed E-state index contributed by atoms with van der Waals surface area (Å²) in [6.07, 6.45) is 1.10. The fourth-order valence-corrected chi connectivity index (χ4v) is 0.618. The van der Waals surface area contributed by atoms with E-state index < -0.39 is 0 Å². The smallest absolute Gasteiger partial charge is 0.120 e. The van der Waals surface area contributed by atoms with Gasteiger partial charge in [-0.2, -0.15) is 0 Å². The fourth-order valence-electron chi connectivity index (χ4n) is 0.618. The number of carbonyl (C=O) groups excluding carboxylic acids is 1. The van der Waals surface area contributed by atoms with E-state index in [2.05, 4.69) is 10.0 Å². The normalized spacial score (nSPS) is 12.3. The molecule has 0 aliphatic heterocycles. The molecule has 4 heteroatoms. The maximum Gasteiger partial charge on any atom is 0.120 e. The van der Waals surface area contributed by atoms with E-state index in [-0.39, 0.29) is 12.0 Å². The Morgan fingerprint density at radius 3 is 2.60 bits per heavy atom. The number of azide groups is 1. The molecule has 0 aromatic carbocycles. The lowest BCUT2D eigenvalue weighted by Crippen LogP contribution is -2.11. The second-order valence-corrected chi connectivity index (χ2v) is 2.42. The predicted octanol–water partition coefficient (Wildman–Crippen LogP) is 1.91. The van der Waals surface area contributed by atoms with Crippen LogP contribution in [0.2, 0.25) is 0 Å². The van der Waals surface area contributed by atoms with Crippen molar-refractivity contribution in [2.75, 3.05) is 0 Å². The van der Waals surface area contributed by atoms with Crippen molar-refractivity contribution >= 4 is 6.29 Å². The molecule has 0 amide bonds. The minimum atomic E-state index is -0.178. The van der Waals surface area contributed by atoms with Crippen LogP contribution in [0.5, 0.6) is 0 Å². The van der Waals surface area contributed by atoms with E-state index in [1.54, 1.807) is 0 Å². The second-order valence-electron chi connectivity index (χ2n) is 2.42. The van der Waals surface area contributed by atoms with Gasteiger partial charge in [-0.15, -0.1) is 0 Å². The van der Waals surface area contributed by atoms with E-state index in [4.69, 9.17) is 5.53 Å². The van der Waals surface area contributed by atoms with Crippen LogP contribution in [0.1, 0.15) is 20.3 Å². The van der Waals surface area contributed by atoms with E-state index in [0.717, 1.165) is 6.29 Å². The first-order valence-electron chi connectivity index (χ1n) is 3.20. The van der Waals surface area contributed by atoms with E-state index >= 15 is 0 Å². The van der Waals surface area contributed by atoms with Gasteiger partial charge in [-0.3, -0.25) is 0 Å². The molecule has 0 spiro atoms. The van der Waals surface area contributed by atoms with Crippen molar-refractivity contribution in [2.24, 2.45) is 11.0 Å². The third kappa shape index (κ3) is 3.10. The minimum absolute atomic E-state index is 0.178. The van der Waals surface area contributed by atoms with E-state index in [1.807, 2.05) is 13.8 Å². The molecule has 56 valence electrons. The third-order valence-electron chi connectivity index (χ3n) is 1.31. The summed E-state index contributed by atoms with van der Waals surface area (Å²) in [7, 11) is 0. The van der Waals surface area contributed by atoms with Gasteiger partial charge in [0.2, 0.25) is 0 Å². The van der Waals surface area contributed by atoms with Gasteiger partial charge in [-0.25, -0.2) is 0 Å². The van der Waals surface area contributed by atoms with Crippen LogP contribution in [-0.4, -0.2) is 12.3 Å². The topological polar surface area (TPSA) is 65.8 Å². The average Bonchev–Trinajstić information content (AvgIpc) is 1.87. The maximum absolute atomic E-state index is 10.0. The molecule has 0 heterocycles. The molecule has 0 rings (SSSR count). The van der Waals surface area contributed by atoms with Gasteiger partial charge in [0.25, 0.3) is 0 Å². The Morgan fingerprint density at radius 2 is 2.30 bits per heavy atom. The number of carbonyl (C=O) groups is 1. The first-order valence-corrected chi connectivity index (χ1v) is 3.20. The number of aldehydes is 1. The molecular formula is C6H11N3O. The highest BCUT2D eigenvalue weighted by Crippen LogP contribution is 2.08. The Morgan fingerprint density at radius 1 is 1.70 bits per heavy atom. The lowest BCUT2D eigenvalue weighted by molar-refractivity contribution is -0.108. The van der Waals surface area contributed by atoms with Crippen LogP contribution in [0.4, 0.5) is 0 Å². The second kappa shape index (κ2) is 4.82. The summed E-state index contributed by atoms with van der Waals surface area (Å²) >= 11 is 0. The SMILES string of the molecule is CC(C)C(CC=O)N=[N+]=[N-]. The molecule has 1 unspecified atom stereocenters. The maximum atomic E-state index is 10.0. The Kier molecular flexibility index (Phi) is 4.33. The van der Waals surface area contributed by atoms with Gasteiger partial charge in [-0.05, 0) is 11.4 Å². The van der Waals surface area contributed by atoms with Gasteiger partial charge in [0.1, 0.15) is 6.29 Å². The molecule has 0 bridgehead atoms. The molecule has 0 aromatic heterocycles. The Balaban J connectivity index is 3.96. The van der Waals surface area contributed by atoms with E-state index in [1.165, 1.54) is 0 Å². The Labute approximate surface area is 59.9 Å². The molecule has 10 heavy (non-hydrogen) atoms. The number of nitrogens with zero attached hydrogens (tertiary/aromatic N) is 3. The van der Waals surface area contributed by atoms with Crippen molar-refractivity contribution in [1.82, 2.24) is 0 Å². The summed E-state index contributed by atoms with van der Waals surface area (Å²) < 4.78 is 0. The van der Waals surface area contributed by atoms with Gasteiger partial charge in [0.05, 0.1) is 0 Å². The van der Waals surface area contributed by atoms with Crippen LogP contribution in [0.3, 0.4) is 0 Å². The van der Waals surface area contributed by atoms with Crippen molar-refractivity contribution in [3.05, 3.63) is 10.4 Å². The van der Waals surface area contributed by atoms with Crippen molar-refractivity contribution in [2.45, 2.75) is 26.3 Å². The van der Waals surface area contributed by atoms with Crippen LogP contribution in [-0.2, 0) is 4.79 Å². The lowest BCUT2D eigenvalue weighted by atomic mass is 10.0.